The van der Waals surface area contributed by atoms with E-state index in [2.05, 4.69) is 4.98 Å². The number of aromatic nitrogens is 1. The maximum atomic E-state index is 12.5. The largest absolute Gasteiger partial charge is 0.448 e. The lowest BCUT2D eigenvalue weighted by atomic mass is 10.2. The second-order valence-corrected chi connectivity index (χ2v) is 8.01. The highest BCUT2D eigenvalue weighted by molar-refractivity contribution is 7.17. The molecule has 5 nitrogen and oxygen atoms in total. The van der Waals surface area contributed by atoms with Crippen LogP contribution in [0, 0.1) is 6.92 Å². The number of carbonyl (C=O) groups excluding carboxylic acids is 2. The zero-order valence-electron chi connectivity index (χ0n) is 14.5. The lowest BCUT2D eigenvalue weighted by Gasteiger charge is -2.23. The number of rotatable bonds is 4. The van der Waals surface area contributed by atoms with Crippen LogP contribution in [0.15, 0.2) is 16.8 Å². The molecule has 0 bridgehead atoms. The Labute approximate surface area is 155 Å². The molecule has 3 rings (SSSR count). The highest BCUT2D eigenvalue weighted by Gasteiger charge is 2.26. The lowest BCUT2D eigenvalue weighted by molar-refractivity contribution is -0.139. The third-order valence-corrected chi connectivity index (χ3v) is 6.17. The number of hydrogen-bond donors (Lipinski definition) is 0. The molecule has 2 aromatic rings. The molecule has 0 saturated carbocycles. The monoisotopic (exact) mass is 378 g/mol. The molecule has 0 spiro atoms. The second-order valence-electron chi connectivity index (χ2n) is 6.23. The smallest absolute Gasteiger partial charge is 0.351 e. The summed E-state index contributed by atoms with van der Waals surface area (Å²) in [5.74, 6) is -0.567. The fourth-order valence-electron chi connectivity index (χ4n) is 2.91. The quantitative estimate of drug-likeness (QED) is 0.751. The van der Waals surface area contributed by atoms with Gasteiger partial charge in [-0.3, -0.25) is 4.79 Å². The fraction of sp³-hybridized carbons (Fsp3) is 0.500. The van der Waals surface area contributed by atoms with E-state index < -0.39 is 12.1 Å². The molecule has 1 fully saturated rings. The van der Waals surface area contributed by atoms with Crippen LogP contribution < -0.4 is 0 Å². The van der Waals surface area contributed by atoms with Crippen LogP contribution >= 0.6 is 22.7 Å². The second kappa shape index (κ2) is 8.10. The van der Waals surface area contributed by atoms with Gasteiger partial charge in [-0.2, -0.15) is 11.3 Å². The highest BCUT2D eigenvalue weighted by atomic mass is 32.1. The Morgan fingerprint density at radius 2 is 1.96 bits per heavy atom. The van der Waals surface area contributed by atoms with Crippen LogP contribution in [0.4, 0.5) is 0 Å². The van der Waals surface area contributed by atoms with Crippen LogP contribution in [0.25, 0.3) is 10.6 Å². The van der Waals surface area contributed by atoms with E-state index in [0.717, 1.165) is 49.3 Å². The minimum atomic E-state index is -0.767. The van der Waals surface area contributed by atoms with Gasteiger partial charge in [0.15, 0.2) is 6.10 Å². The molecule has 0 aromatic carbocycles. The molecule has 3 heterocycles. The number of carbonyl (C=O) groups is 2. The first kappa shape index (κ1) is 18.1. The summed E-state index contributed by atoms with van der Waals surface area (Å²) in [4.78, 5) is 31.8. The Kier molecular flexibility index (Phi) is 5.86. The maximum absolute atomic E-state index is 12.5. The van der Waals surface area contributed by atoms with E-state index in [9.17, 15) is 9.59 Å². The molecule has 0 N–H and O–H groups in total. The first-order chi connectivity index (χ1) is 12.1. The van der Waals surface area contributed by atoms with Gasteiger partial charge in [-0.15, -0.1) is 11.3 Å². The highest BCUT2D eigenvalue weighted by Crippen LogP contribution is 2.30. The standard InChI is InChI=1S/C18H22N2O3S2/c1-12-15(25-16(19-12)14-7-10-24-11-14)18(22)23-13(2)17(21)20-8-5-3-4-6-9-20/h7,10-11,13H,3-6,8-9H2,1-2H3. The van der Waals surface area contributed by atoms with Gasteiger partial charge in [-0.1, -0.05) is 12.8 Å². The molecule has 0 radical (unpaired) electrons. The normalized spacial score (nSPS) is 16.3. The van der Waals surface area contributed by atoms with Crippen LogP contribution in [0.5, 0.6) is 0 Å². The van der Waals surface area contributed by atoms with Crippen molar-refractivity contribution in [1.29, 1.82) is 0 Å². The van der Waals surface area contributed by atoms with Crippen molar-refractivity contribution < 1.29 is 14.3 Å². The van der Waals surface area contributed by atoms with Gasteiger partial charge in [0.1, 0.15) is 9.88 Å². The number of ether oxygens (including phenoxy) is 1. The zero-order chi connectivity index (χ0) is 17.8. The van der Waals surface area contributed by atoms with Crippen molar-refractivity contribution in [3.63, 3.8) is 0 Å². The maximum Gasteiger partial charge on any atom is 0.351 e. The molecule has 2 aromatic heterocycles. The SMILES string of the molecule is Cc1nc(-c2ccsc2)sc1C(=O)OC(C)C(=O)N1CCCCCC1. The summed E-state index contributed by atoms with van der Waals surface area (Å²) < 4.78 is 5.45. The van der Waals surface area contributed by atoms with Crippen molar-refractivity contribution >= 4 is 34.6 Å². The topological polar surface area (TPSA) is 59.5 Å². The number of hydrogen-bond acceptors (Lipinski definition) is 6. The summed E-state index contributed by atoms with van der Waals surface area (Å²) in [5.41, 5.74) is 1.65. The molecule has 1 atom stereocenters. The molecule has 7 heteroatoms. The third kappa shape index (κ3) is 4.27. The van der Waals surface area contributed by atoms with Crippen molar-refractivity contribution in [3.8, 4) is 10.6 Å². The Hall–Kier alpha value is -1.73. The zero-order valence-corrected chi connectivity index (χ0v) is 16.1. The van der Waals surface area contributed by atoms with Crippen LogP contribution in [-0.2, 0) is 9.53 Å². The van der Waals surface area contributed by atoms with Gasteiger partial charge in [0.05, 0.1) is 5.69 Å². The number of amides is 1. The van der Waals surface area contributed by atoms with E-state index in [1.165, 1.54) is 11.3 Å². The minimum Gasteiger partial charge on any atom is -0.448 e. The van der Waals surface area contributed by atoms with Crippen molar-refractivity contribution in [2.24, 2.45) is 0 Å². The van der Waals surface area contributed by atoms with E-state index in [1.54, 1.807) is 25.2 Å². The molecule has 1 unspecified atom stereocenters. The molecule has 1 aliphatic rings. The van der Waals surface area contributed by atoms with Crippen LogP contribution in [0.3, 0.4) is 0 Å². The number of esters is 1. The molecule has 0 aliphatic carbocycles. The number of thiazole rings is 1. The van der Waals surface area contributed by atoms with Gasteiger partial charge < -0.3 is 9.64 Å². The molecule has 1 amide bonds. The molecule has 1 saturated heterocycles. The molecular formula is C18H22N2O3S2. The molecular weight excluding hydrogens is 356 g/mol. The Balaban J connectivity index is 1.66. The Bertz CT molecular complexity index is 732. The van der Waals surface area contributed by atoms with Crippen molar-refractivity contribution in [2.45, 2.75) is 45.6 Å². The predicted octanol–water partition coefficient (Wildman–Crippen LogP) is 4.13. The van der Waals surface area contributed by atoms with E-state index in [1.807, 2.05) is 21.7 Å². The fourth-order valence-corrected chi connectivity index (χ4v) is 4.57. The summed E-state index contributed by atoms with van der Waals surface area (Å²) in [6, 6.07) is 1.98. The first-order valence-electron chi connectivity index (χ1n) is 8.56. The van der Waals surface area contributed by atoms with Crippen LogP contribution in [0.2, 0.25) is 0 Å². The minimum absolute atomic E-state index is 0.101. The average Bonchev–Trinajstić information content (AvgIpc) is 3.17. The van der Waals surface area contributed by atoms with Crippen LogP contribution in [0.1, 0.15) is 48.0 Å². The van der Waals surface area contributed by atoms with Gasteiger partial charge in [0.2, 0.25) is 0 Å². The van der Waals surface area contributed by atoms with Gasteiger partial charge in [0, 0.05) is 24.0 Å². The summed E-state index contributed by atoms with van der Waals surface area (Å²) in [7, 11) is 0. The van der Waals surface area contributed by atoms with Crippen LogP contribution in [-0.4, -0.2) is 41.0 Å². The van der Waals surface area contributed by atoms with E-state index in [-0.39, 0.29) is 5.91 Å². The van der Waals surface area contributed by atoms with E-state index in [4.69, 9.17) is 4.74 Å². The first-order valence-corrected chi connectivity index (χ1v) is 10.3. The van der Waals surface area contributed by atoms with Crippen molar-refractivity contribution in [3.05, 3.63) is 27.4 Å². The van der Waals surface area contributed by atoms with Crippen molar-refractivity contribution in [1.82, 2.24) is 9.88 Å². The average molecular weight is 379 g/mol. The summed E-state index contributed by atoms with van der Waals surface area (Å²) in [6.07, 6.45) is 3.58. The lowest BCUT2D eigenvalue weighted by Crippen LogP contribution is -2.40. The number of nitrogens with zero attached hydrogens (tertiary/aromatic N) is 2. The van der Waals surface area contributed by atoms with Crippen molar-refractivity contribution in [2.75, 3.05) is 13.1 Å². The van der Waals surface area contributed by atoms with Gasteiger partial charge >= 0.3 is 5.97 Å². The Morgan fingerprint density at radius 3 is 2.60 bits per heavy atom. The number of aryl methyl sites for hydroxylation is 1. The van der Waals surface area contributed by atoms with Gasteiger partial charge in [-0.05, 0) is 38.1 Å². The summed E-state index contributed by atoms with van der Waals surface area (Å²) >= 11 is 2.90. The number of likely N-dealkylation sites (tertiary alicyclic amines) is 1. The molecule has 25 heavy (non-hydrogen) atoms. The number of thiophene rings is 1. The summed E-state index contributed by atoms with van der Waals surface area (Å²) in [5, 5.41) is 4.78. The van der Waals surface area contributed by atoms with E-state index >= 15 is 0 Å². The van der Waals surface area contributed by atoms with Gasteiger partial charge in [0.25, 0.3) is 5.91 Å². The third-order valence-electron chi connectivity index (χ3n) is 4.30. The predicted molar refractivity (Wildman–Crippen MR) is 100 cm³/mol. The van der Waals surface area contributed by atoms with E-state index in [0.29, 0.717) is 10.6 Å². The molecule has 134 valence electrons. The Morgan fingerprint density at radius 1 is 1.24 bits per heavy atom. The molecule has 1 aliphatic heterocycles. The van der Waals surface area contributed by atoms with Gasteiger partial charge in [-0.25, -0.2) is 9.78 Å². The summed E-state index contributed by atoms with van der Waals surface area (Å²) in [6.45, 7) is 4.96.